The molecule has 3 aromatic heterocycles. The van der Waals surface area contributed by atoms with Gasteiger partial charge < -0.3 is 9.80 Å². The third kappa shape index (κ3) is 2.94. The summed E-state index contributed by atoms with van der Waals surface area (Å²) < 4.78 is 1.87. The summed E-state index contributed by atoms with van der Waals surface area (Å²) in [7, 11) is 0. The van der Waals surface area contributed by atoms with Crippen LogP contribution in [0.25, 0.3) is 16.7 Å². The summed E-state index contributed by atoms with van der Waals surface area (Å²) in [5, 5.41) is 5.54. The standard InChI is InChI=1S/C21H21N7/c1-16-7-8-22-19(13-16)26-9-11-27(12-10-26)20-18-14-25-28(21(18)24-15-23-20)17-5-3-2-4-6-17/h2-8,13-15H,9-12H2,1H3. The van der Waals surface area contributed by atoms with E-state index in [1.165, 1.54) is 5.56 Å². The van der Waals surface area contributed by atoms with Crippen LogP contribution in [0.5, 0.6) is 0 Å². The van der Waals surface area contributed by atoms with Crippen LogP contribution in [-0.2, 0) is 0 Å². The molecular weight excluding hydrogens is 350 g/mol. The van der Waals surface area contributed by atoms with Crippen LogP contribution in [0.2, 0.25) is 0 Å². The molecule has 0 amide bonds. The second-order valence-corrected chi connectivity index (χ2v) is 6.99. The molecular formula is C21H21N7. The fraction of sp³-hybridized carbons (Fsp3) is 0.238. The molecule has 4 aromatic rings. The number of nitrogens with zero attached hydrogens (tertiary/aromatic N) is 7. The molecule has 1 aromatic carbocycles. The van der Waals surface area contributed by atoms with Crippen LogP contribution in [0.1, 0.15) is 5.56 Å². The average Bonchev–Trinajstić information content (AvgIpc) is 3.19. The molecule has 7 nitrogen and oxygen atoms in total. The molecule has 0 saturated carbocycles. The minimum Gasteiger partial charge on any atom is -0.353 e. The normalized spacial score (nSPS) is 14.6. The van der Waals surface area contributed by atoms with Gasteiger partial charge in [-0.25, -0.2) is 19.6 Å². The predicted molar refractivity (Wildman–Crippen MR) is 110 cm³/mol. The number of anilines is 2. The van der Waals surface area contributed by atoms with Crippen LogP contribution in [0.3, 0.4) is 0 Å². The number of benzene rings is 1. The summed E-state index contributed by atoms with van der Waals surface area (Å²) in [6.07, 6.45) is 5.38. The van der Waals surface area contributed by atoms with Crippen LogP contribution >= 0.6 is 0 Å². The van der Waals surface area contributed by atoms with Gasteiger partial charge in [-0.15, -0.1) is 0 Å². The molecule has 0 spiro atoms. The van der Waals surface area contributed by atoms with E-state index in [0.717, 1.165) is 54.5 Å². The fourth-order valence-electron chi connectivity index (χ4n) is 3.68. The van der Waals surface area contributed by atoms with E-state index in [2.05, 4.69) is 42.8 Å². The first-order valence-electron chi connectivity index (χ1n) is 9.46. The Morgan fingerprint density at radius 2 is 1.64 bits per heavy atom. The first-order valence-corrected chi connectivity index (χ1v) is 9.46. The molecule has 4 heterocycles. The largest absolute Gasteiger partial charge is 0.353 e. The van der Waals surface area contributed by atoms with E-state index in [9.17, 15) is 0 Å². The van der Waals surface area contributed by atoms with Crippen molar-refractivity contribution >= 4 is 22.7 Å². The molecule has 0 aliphatic carbocycles. The second kappa shape index (κ2) is 6.92. The Morgan fingerprint density at radius 3 is 2.43 bits per heavy atom. The number of hydrogen-bond donors (Lipinski definition) is 0. The highest BCUT2D eigenvalue weighted by molar-refractivity contribution is 5.87. The molecule has 140 valence electrons. The number of fused-ring (bicyclic) bond motifs is 1. The Kier molecular flexibility index (Phi) is 4.12. The van der Waals surface area contributed by atoms with Gasteiger partial charge in [-0.1, -0.05) is 18.2 Å². The molecule has 0 radical (unpaired) electrons. The molecule has 1 aliphatic heterocycles. The Bertz CT molecular complexity index is 1100. The lowest BCUT2D eigenvalue weighted by molar-refractivity contribution is 0.643. The maximum Gasteiger partial charge on any atom is 0.168 e. The Hall–Kier alpha value is -3.48. The lowest BCUT2D eigenvalue weighted by Gasteiger charge is -2.36. The Balaban J connectivity index is 1.41. The molecule has 1 aliphatic rings. The highest BCUT2D eigenvalue weighted by atomic mass is 15.3. The highest BCUT2D eigenvalue weighted by Crippen LogP contribution is 2.26. The molecule has 0 bridgehead atoms. The lowest BCUT2D eigenvalue weighted by Crippen LogP contribution is -2.47. The lowest BCUT2D eigenvalue weighted by atomic mass is 10.2. The van der Waals surface area contributed by atoms with E-state index < -0.39 is 0 Å². The van der Waals surface area contributed by atoms with E-state index in [1.54, 1.807) is 6.33 Å². The third-order valence-electron chi connectivity index (χ3n) is 5.15. The molecule has 7 heteroatoms. The molecule has 1 fully saturated rings. The van der Waals surface area contributed by atoms with Gasteiger partial charge in [0.15, 0.2) is 5.65 Å². The summed E-state index contributed by atoms with van der Waals surface area (Å²) in [5.41, 5.74) is 3.06. The van der Waals surface area contributed by atoms with Crippen molar-refractivity contribution in [1.82, 2.24) is 24.7 Å². The minimum atomic E-state index is 0.832. The molecule has 1 saturated heterocycles. The molecule has 0 atom stereocenters. The molecule has 28 heavy (non-hydrogen) atoms. The monoisotopic (exact) mass is 371 g/mol. The molecule has 5 rings (SSSR count). The van der Waals surface area contributed by atoms with Crippen molar-refractivity contribution in [3.63, 3.8) is 0 Å². The summed E-state index contributed by atoms with van der Waals surface area (Å²) in [6, 6.07) is 14.2. The first kappa shape index (κ1) is 16.7. The van der Waals surface area contributed by atoms with E-state index in [4.69, 9.17) is 0 Å². The minimum absolute atomic E-state index is 0.832. The Morgan fingerprint density at radius 1 is 0.857 bits per heavy atom. The van der Waals surface area contributed by atoms with Crippen molar-refractivity contribution in [3.05, 3.63) is 66.7 Å². The van der Waals surface area contributed by atoms with Gasteiger partial charge in [0.25, 0.3) is 0 Å². The van der Waals surface area contributed by atoms with Gasteiger partial charge in [-0.05, 0) is 36.8 Å². The molecule has 0 unspecified atom stereocenters. The number of para-hydroxylation sites is 1. The average molecular weight is 371 g/mol. The van der Waals surface area contributed by atoms with E-state index >= 15 is 0 Å². The number of rotatable bonds is 3. The van der Waals surface area contributed by atoms with Crippen molar-refractivity contribution in [3.8, 4) is 5.69 Å². The predicted octanol–water partition coefficient (Wildman–Crippen LogP) is 2.85. The van der Waals surface area contributed by atoms with E-state index in [-0.39, 0.29) is 0 Å². The van der Waals surface area contributed by atoms with Gasteiger partial charge in [0, 0.05) is 32.4 Å². The van der Waals surface area contributed by atoms with Crippen molar-refractivity contribution in [2.75, 3.05) is 36.0 Å². The van der Waals surface area contributed by atoms with Crippen LogP contribution < -0.4 is 9.80 Å². The van der Waals surface area contributed by atoms with Crippen molar-refractivity contribution in [1.29, 1.82) is 0 Å². The van der Waals surface area contributed by atoms with Crippen molar-refractivity contribution < 1.29 is 0 Å². The number of aromatic nitrogens is 5. The van der Waals surface area contributed by atoms with Gasteiger partial charge in [-0.3, -0.25) is 0 Å². The number of aryl methyl sites for hydroxylation is 1. The fourth-order valence-corrected chi connectivity index (χ4v) is 3.68. The maximum atomic E-state index is 4.58. The summed E-state index contributed by atoms with van der Waals surface area (Å²) >= 11 is 0. The smallest absolute Gasteiger partial charge is 0.168 e. The second-order valence-electron chi connectivity index (χ2n) is 6.99. The zero-order chi connectivity index (χ0) is 18.9. The first-order chi connectivity index (χ1) is 13.8. The van der Waals surface area contributed by atoms with Gasteiger partial charge in [0.05, 0.1) is 17.3 Å². The SMILES string of the molecule is Cc1ccnc(N2CCN(c3ncnc4c3cnn4-c3ccccc3)CC2)c1. The van der Waals surface area contributed by atoms with Crippen LogP contribution in [0.4, 0.5) is 11.6 Å². The number of pyridine rings is 1. The van der Waals surface area contributed by atoms with E-state index in [0.29, 0.717) is 0 Å². The van der Waals surface area contributed by atoms with Gasteiger partial charge in [0.2, 0.25) is 0 Å². The van der Waals surface area contributed by atoms with E-state index in [1.807, 2.05) is 53.5 Å². The zero-order valence-corrected chi connectivity index (χ0v) is 15.7. The summed E-state index contributed by atoms with van der Waals surface area (Å²) in [4.78, 5) is 18.2. The number of piperazine rings is 1. The highest BCUT2D eigenvalue weighted by Gasteiger charge is 2.22. The van der Waals surface area contributed by atoms with Gasteiger partial charge in [0.1, 0.15) is 18.0 Å². The third-order valence-corrected chi connectivity index (χ3v) is 5.15. The van der Waals surface area contributed by atoms with Crippen molar-refractivity contribution in [2.45, 2.75) is 6.92 Å². The summed E-state index contributed by atoms with van der Waals surface area (Å²) in [5.74, 6) is 1.99. The quantitative estimate of drug-likeness (QED) is 0.552. The summed E-state index contributed by atoms with van der Waals surface area (Å²) in [6.45, 7) is 5.70. The maximum absolute atomic E-state index is 4.58. The van der Waals surface area contributed by atoms with Gasteiger partial charge in [-0.2, -0.15) is 5.10 Å². The molecule has 0 N–H and O–H groups in total. The number of hydrogen-bond acceptors (Lipinski definition) is 6. The Labute approximate surface area is 163 Å². The van der Waals surface area contributed by atoms with Gasteiger partial charge >= 0.3 is 0 Å². The van der Waals surface area contributed by atoms with Crippen molar-refractivity contribution in [2.24, 2.45) is 0 Å². The van der Waals surface area contributed by atoms with Crippen LogP contribution in [0.15, 0.2) is 61.2 Å². The zero-order valence-electron chi connectivity index (χ0n) is 15.7. The topological polar surface area (TPSA) is 63.0 Å². The van der Waals surface area contributed by atoms with Crippen LogP contribution in [0, 0.1) is 6.92 Å². The van der Waals surface area contributed by atoms with Crippen LogP contribution in [-0.4, -0.2) is 50.9 Å².